The third-order valence-corrected chi connectivity index (χ3v) is 3.65. The molecule has 0 saturated carbocycles. The van der Waals surface area contributed by atoms with Crippen LogP contribution in [0, 0.1) is 0 Å². The van der Waals surface area contributed by atoms with Gasteiger partial charge in [0.25, 0.3) is 0 Å². The van der Waals surface area contributed by atoms with E-state index in [1.807, 2.05) is 36.5 Å². The van der Waals surface area contributed by atoms with Gasteiger partial charge in [-0.2, -0.15) is 0 Å². The van der Waals surface area contributed by atoms with Gasteiger partial charge in [-0.05, 0) is 38.5 Å². The Balaban J connectivity index is 3.98. The molecule has 152 valence electrons. The molecular formula is C22H34O5. The molecule has 0 bridgehead atoms. The minimum atomic E-state index is -1.02. The summed E-state index contributed by atoms with van der Waals surface area (Å²) in [5.74, 6) is -0.808. The fourth-order valence-corrected chi connectivity index (χ4v) is 2.09. The van der Waals surface area contributed by atoms with Gasteiger partial charge in [0, 0.05) is 6.42 Å². The number of aliphatic hydroxyl groups excluding tert-OH is 3. The summed E-state index contributed by atoms with van der Waals surface area (Å²) in [5.41, 5.74) is 0. The van der Waals surface area contributed by atoms with E-state index in [0.29, 0.717) is 25.7 Å². The molecule has 4 N–H and O–H groups in total. The summed E-state index contributed by atoms with van der Waals surface area (Å²) >= 11 is 0. The van der Waals surface area contributed by atoms with E-state index in [9.17, 15) is 20.1 Å². The van der Waals surface area contributed by atoms with Crippen molar-refractivity contribution in [2.45, 2.75) is 70.2 Å². The molecule has 2 unspecified atom stereocenters. The summed E-state index contributed by atoms with van der Waals surface area (Å²) in [5, 5.41) is 38.1. The van der Waals surface area contributed by atoms with E-state index in [1.54, 1.807) is 0 Å². The van der Waals surface area contributed by atoms with Crippen molar-refractivity contribution in [1.82, 2.24) is 0 Å². The van der Waals surface area contributed by atoms with Gasteiger partial charge in [-0.3, -0.25) is 4.79 Å². The van der Waals surface area contributed by atoms with Crippen molar-refractivity contribution in [2.75, 3.05) is 0 Å². The number of carboxylic acids is 1. The highest BCUT2D eigenvalue weighted by Gasteiger charge is 2.11. The minimum absolute atomic E-state index is 0.129. The maximum Gasteiger partial charge on any atom is 0.303 e. The Morgan fingerprint density at radius 1 is 0.815 bits per heavy atom. The van der Waals surface area contributed by atoms with Crippen LogP contribution >= 0.6 is 0 Å². The van der Waals surface area contributed by atoms with Crippen molar-refractivity contribution >= 4 is 5.97 Å². The lowest BCUT2D eigenvalue weighted by Gasteiger charge is -2.12. The van der Waals surface area contributed by atoms with E-state index in [1.165, 1.54) is 12.2 Å². The van der Waals surface area contributed by atoms with Gasteiger partial charge in [-0.15, -0.1) is 0 Å². The van der Waals surface area contributed by atoms with Crippen LogP contribution in [0.5, 0.6) is 0 Å². The molecule has 3 atom stereocenters. The molecule has 0 fully saturated rings. The quantitative estimate of drug-likeness (QED) is 0.326. The van der Waals surface area contributed by atoms with E-state index in [-0.39, 0.29) is 6.42 Å². The fourth-order valence-electron chi connectivity index (χ4n) is 2.09. The molecule has 0 spiro atoms. The Bertz CT molecular complexity index is 517. The third-order valence-electron chi connectivity index (χ3n) is 3.65. The van der Waals surface area contributed by atoms with Gasteiger partial charge in [0.05, 0.1) is 18.3 Å². The van der Waals surface area contributed by atoms with Crippen LogP contribution < -0.4 is 0 Å². The number of hydrogen-bond donors (Lipinski definition) is 4. The van der Waals surface area contributed by atoms with Crippen LogP contribution in [-0.4, -0.2) is 44.7 Å². The Morgan fingerprint density at radius 2 is 1.41 bits per heavy atom. The van der Waals surface area contributed by atoms with Crippen LogP contribution in [0.4, 0.5) is 0 Å². The predicted molar refractivity (Wildman–Crippen MR) is 109 cm³/mol. The van der Waals surface area contributed by atoms with Gasteiger partial charge in [0.15, 0.2) is 0 Å². The summed E-state index contributed by atoms with van der Waals surface area (Å²) in [4.78, 5) is 10.3. The molecule has 0 heterocycles. The Labute approximate surface area is 162 Å². The molecule has 0 amide bonds. The first kappa shape index (κ1) is 25.1. The third kappa shape index (κ3) is 17.2. The van der Waals surface area contributed by atoms with E-state index >= 15 is 0 Å². The second-order valence-electron chi connectivity index (χ2n) is 6.18. The Hall–Kier alpha value is -1.95. The largest absolute Gasteiger partial charge is 0.481 e. The average Bonchev–Trinajstić information content (AvgIpc) is 2.64. The van der Waals surface area contributed by atoms with Gasteiger partial charge in [0.2, 0.25) is 0 Å². The van der Waals surface area contributed by atoms with Crippen molar-refractivity contribution < 1.29 is 25.2 Å². The molecule has 0 aliphatic rings. The van der Waals surface area contributed by atoms with Crippen LogP contribution in [0.1, 0.15) is 51.9 Å². The number of aliphatic carboxylic acids is 1. The molecule has 0 aromatic rings. The Morgan fingerprint density at radius 3 is 2.04 bits per heavy atom. The van der Waals surface area contributed by atoms with Crippen LogP contribution in [0.3, 0.4) is 0 Å². The molecule has 27 heavy (non-hydrogen) atoms. The van der Waals surface area contributed by atoms with Crippen molar-refractivity contribution in [3.63, 3.8) is 0 Å². The molecule has 0 aromatic heterocycles. The molecule has 0 aliphatic heterocycles. The van der Waals surface area contributed by atoms with Crippen molar-refractivity contribution in [3.05, 3.63) is 60.8 Å². The number of aliphatic hydroxyl groups is 3. The van der Waals surface area contributed by atoms with Crippen LogP contribution in [0.15, 0.2) is 60.8 Å². The van der Waals surface area contributed by atoms with E-state index < -0.39 is 24.3 Å². The SMILES string of the molecule is CC/C=C\C/C=C\C[C@H](O)C(O)/C=C/C(O)C/C=C\C/C=C\CCC(=O)O. The normalized spacial score (nSPS) is 16.3. The van der Waals surface area contributed by atoms with E-state index in [4.69, 9.17) is 5.11 Å². The van der Waals surface area contributed by atoms with Crippen LogP contribution in [-0.2, 0) is 4.79 Å². The zero-order chi connectivity index (χ0) is 20.3. The number of carbonyl (C=O) groups is 1. The highest BCUT2D eigenvalue weighted by molar-refractivity contribution is 5.66. The van der Waals surface area contributed by atoms with Gasteiger partial charge in [-0.1, -0.05) is 67.7 Å². The number of rotatable bonds is 15. The molecule has 0 radical (unpaired) electrons. The fraction of sp³-hybridized carbons (Fsp3) is 0.500. The first-order valence-electron chi connectivity index (χ1n) is 9.51. The van der Waals surface area contributed by atoms with Gasteiger partial charge in [0.1, 0.15) is 0 Å². The van der Waals surface area contributed by atoms with E-state index in [0.717, 1.165) is 12.8 Å². The summed E-state index contributed by atoms with van der Waals surface area (Å²) in [6.07, 6.45) is 19.5. The highest BCUT2D eigenvalue weighted by atomic mass is 16.4. The van der Waals surface area contributed by atoms with Gasteiger partial charge < -0.3 is 20.4 Å². The zero-order valence-corrected chi connectivity index (χ0v) is 16.2. The highest BCUT2D eigenvalue weighted by Crippen LogP contribution is 2.05. The lowest BCUT2D eigenvalue weighted by atomic mass is 10.1. The second-order valence-corrected chi connectivity index (χ2v) is 6.18. The zero-order valence-electron chi connectivity index (χ0n) is 16.2. The number of carboxylic acid groups (broad SMARTS) is 1. The summed E-state index contributed by atoms with van der Waals surface area (Å²) in [6, 6.07) is 0. The summed E-state index contributed by atoms with van der Waals surface area (Å²) in [6.45, 7) is 2.07. The second kappa shape index (κ2) is 17.5. The summed E-state index contributed by atoms with van der Waals surface area (Å²) in [7, 11) is 0. The van der Waals surface area contributed by atoms with Crippen molar-refractivity contribution in [2.24, 2.45) is 0 Å². The summed E-state index contributed by atoms with van der Waals surface area (Å²) < 4.78 is 0. The first-order chi connectivity index (χ1) is 13.0. The molecule has 5 nitrogen and oxygen atoms in total. The molecule has 5 heteroatoms. The van der Waals surface area contributed by atoms with E-state index in [2.05, 4.69) is 19.1 Å². The Kier molecular flexibility index (Phi) is 16.2. The number of hydrogen-bond acceptors (Lipinski definition) is 4. The smallest absolute Gasteiger partial charge is 0.303 e. The van der Waals surface area contributed by atoms with Gasteiger partial charge >= 0.3 is 5.97 Å². The maximum atomic E-state index is 10.3. The van der Waals surface area contributed by atoms with Crippen molar-refractivity contribution in [1.29, 1.82) is 0 Å². The monoisotopic (exact) mass is 378 g/mol. The molecule has 0 rings (SSSR count). The first-order valence-corrected chi connectivity index (χ1v) is 9.51. The van der Waals surface area contributed by atoms with Crippen molar-refractivity contribution in [3.8, 4) is 0 Å². The average molecular weight is 379 g/mol. The standard InChI is InChI=1S/C22H34O5/c1-2-3-4-5-9-12-15-20(24)21(25)18-17-19(23)14-11-8-6-7-10-13-16-22(26)27/h3-4,7-12,17-21,23-25H,2,5-6,13-16H2,1H3,(H,26,27)/b4-3-,10-7-,11-8-,12-9-,18-17+/t19?,20-,21?/m0/s1. The molecular weight excluding hydrogens is 344 g/mol. The molecule has 0 saturated heterocycles. The molecule has 0 aliphatic carbocycles. The maximum absolute atomic E-state index is 10.3. The molecule has 0 aromatic carbocycles. The minimum Gasteiger partial charge on any atom is -0.481 e. The van der Waals surface area contributed by atoms with Crippen LogP contribution in [0.2, 0.25) is 0 Å². The lowest BCUT2D eigenvalue weighted by Crippen LogP contribution is -2.23. The topological polar surface area (TPSA) is 98.0 Å². The lowest BCUT2D eigenvalue weighted by molar-refractivity contribution is -0.136. The number of allylic oxidation sites excluding steroid dienone is 6. The van der Waals surface area contributed by atoms with Gasteiger partial charge in [-0.25, -0.2) is 0 Å². The predicted octanol–water partition coefficient (Wildman–Crippen LogP) is 3.69. The van der Waals surface area contributed by atoms with Crippen LogP contribution in [0.25, 0.3) is 0 Å².